The highest BCUT2D eigenvalue weighted by Crippen LogP contribution is 2.37. The van der Waals surface area contributed by atoms with Gasteiger partial charge >= 0.3 is 0 Å². The predicted molar refractivity (Wildman–Crippen MR) is 138 cm³/mol. The van der Waals surface area contributed by atoms with Crippen LogP contribution in [0.4, 0.5) is 5.69 Å². The van der Waals surface area contributed by atoms with Gasteiger partial charge in [0.2, 0.25) is 0 Å². The third kappa shape index (κ3) is 5.20. The molecule has 1 saturated heterocycles. The molecule has 3 aromatic rings. The minimum Gasteiger partial charge on any atom is -0.496 e. The largest absolute Gasteiger partial charge is 0.496 e. The fraction of sp³-hybridized carbons (Fsp3) is 0.214. The summed E-state index contributed by atoms with van der Waals surface area (Å²) >= 11 is 1.42. The third-order valence-corrected chi connectivity index (χ3v) is 6.59. The number of hydrogen-bond acceptors (Lipinski definition) is 4. The molecule has 0 spiro atoms. The van der Waals surface area contributed by atoms with Gasteiger partial charge in [0, 0.05) is 0 Å². The quantitative estimate of drug-likeness (QED) is 0.378. The van der Waals surface area contributed by atoms with Gasteiger partial charge < -0.3 is 4.74 Å². The molecule has 1 amide bonds. The molecule has 1 aliphatic heterocycles. The average molecular weight is 457 g/mol. The van der Waals surface area contributed by atoms with Crippen LogP contribution in [0.1, 0.15) is 42.0 Å². The van der Waals surface area contributed by atoms with E-state index in [0.29, 0.717) is 22.5 Å². The van der Waals surface area contributed by atoms with Crippen LogP contribution >= 0.6 is 11.8 Å². The molecule has 0 atom stereocenters. The van der Waals surface area contributed by atoms with Crippen LogP contribution in [-0.2, 0) is 11.3 Å². The minimum atomic E-state index is -0.0279. The Morgan fingerprint density at radius 1 is 1.03 bits per heavy atom. The molecule has 33 heavy (non-hydrogen) atoms. The van der Waals surface area contributed by atoms with E-state index in [9.17, 15) is 4.79 Å². The lowest BCUT2D eigenvalue weighted by Crippen LogP contribution is -2.28. The first-order valence-electron chi connectivity index (χ1n) is 11.0. The molecule has 1 heterocycles. The lowest BCUT2D eigenvalue weighted by molar-refractivity contribution is -0.122. The molecular weight excluding hydrogens is 428 g/mol. The average Bonchev–Trinajstić information content (AvgIpc) is 3.10. The third-order valence-electron chi connectivity index (χ3n) is 5.58. The van der Waals surface area contributed by atoms with Gasteiger partial charge in [-0.05, 0) is 77.2 Å². The van der Waals surface area contributed by atoms with Gasteiger partial charge in [-0.15, -0.1) is 0 Å². The number of methoxy groups -OCH3 is 1. The van der Waals surface area contributed by atoms with Crippen molar-refractivity contribution >= 4 is 34.6 Å². The SMILES string of the molecule is COc1cc(C)c(/C=C2/SC(=Nc3ccccc3)N(Cc3ccccc3)C2=O)cc1C(C)C. The molecule has 4 nitrogen and oxygen atoms in total. The molecule has 0 aliphatic carbocycles. The molecule has 3 aromatic carbocycles. The molecule has 4 rings (SSSR count). The molecule has 0 unspecified atom stereocenters. The monoisotopic (exact) mass is 456 g/mol. The number of nitrogens with zero attached hydrogens (tertiary/aromatic N) is 2. The summed E-state index contributed by atoms with van der Waals surface area (Å²) in [6.45, 7) is 6.82. The number of carbonyl (C=O) groups is 1. The second kappa shape index (κ2) is 10.1. The molecule has 0 bridgehead atoms. The van der Waals surface area contributed by atoms with E-state index in [2.05, 4.69) is 19.9 Å². The topological polar surface area (TPSA) is 41.9 Å². The van der Waals surface area contributed by atoms with Gasteiger partial charge in [0.25, 0.3) is 5.91 Å². The van der Waals surface area contributed by atoms with Crippen molar-refractivity contribution in [1.82, 2.24) is 4.90 Å². The summed E-state index contributed by atoms with van der Waals surface area (Å²) in [5.74, 6) is 1.17. The summed E-state index contributed by atoms with van der Waals surface area (Å²) in [6, 6.07) is 24.0. The van der Waals surface area contributed by atoms with E-state index in [4.69, 9.17) is 9.73 Å². The summed E-state index contributed by atoms with van der Waals surface area (Å²) in [5, 5.41) is 0.691. The van der Waals surface area contributed by atoms with E-state index in [1.54, 1.807) is 12.0 Å². The summed E-state index contributed by atoms with van der Waals surface area (Å²) < 4.78 is 5.58. The zero-order valence-corrected chi connectivity index (χ0v) is 20.2. The van der Waals surface area contributed by atoms with Crippen LogP contribution in [0.5, 0.6) is 5.75 Å². The van der Waals surface area contributed by atoms with Crippen molar-refractivity contribution in [3.63, 3.8) is 0 Å². The van der Waals surface area contributed by atoms with Gasteiger partial charge in [0.15, 0.2) is 5.17 Å². The summed E-state index contributed by atoms with van der Waals surface area (Å²) in [5.41, 5.74) is 5.12. The second-order valence-corrected chi connectivity index (χ2v) is 9.33. The first-order chi connectivity index (χ1) is 16.0. The molecule has 0 aromatic heterocycles. The lowest BCUT2D eigenvalue weighted by atomic mass is 9.96. The van der Waals surface area contributed by atoms with E-state index < -0.39 is 0 Å². The zero-order chi connectivity index (χ0) is 23.4. The van der Waals surface area contributed by atoms with Gasteiger partial charge in [0.1, 0.15) is 5.75 Å². The molecule has 1 aliphatic rings. The minimum absolute atomic E-state index is 0.0279. The van der Waals surface area contributed by atoms with Crippen LogP contribution in [0.15, 0.2) is 82.7 Å². The van der Waals surface area contributed by atoms with Gasteiger partial charge in [-0.3, -0.25) is 9.69 Å². The Morgan fingerprint density at radius 3 is 2.33 bits per heavy atom. The molecular formula is C28H28N2O2S. The maximum Gasteiger partial charge on any atom is 0.267 e. The van der Waals surface area contributed by atoms with Crippen LogP contribution in [-0.4, -0.2) is 23.1 Å². The Morgan fingerprint density at radius 2 is 1.70 bits per heavy atom. The highest BCUT2D eigenvalue weighted by Gasteiger charge is 2.33. The van der Waals surface area contributed by atoms with Crippen molar-refractivity contribution in [3.8, 4) is 5.75 Å². The second-order valence-electron chi connectivity index (χ2n) is 8.32. The number of aliphatic imine (C=N–C) groups is 1. The van der Waals surface area contributed by atoms with Crippen LogP contribution in [0, 0.1) is 6.92 Å². The predicted octanol–water partition coefficient (Wildman–Crippen LogP) is 6.93. The molecule has 0 radical (unpaired) electrons. The van der Waals surface area contributed by atoms with Crippen molar-refractivity contribution in [2.24, 2.45) is 4.99 Å². The number of para-hydroxylation sites is 1. The lowest BCUT2D eigenvalue weighted by Gasteiger charge is -2.16. The number of benzene rings is 3. The van der Waals surface area contributed by atoms with Gasteiger partial charge in [0.05, 0.1) is 24.2 Å². The number of aryl methyl sites for hydroxylation is 1. The fourth-order valence-corrected chi connectivity index (χ4v) is 4.74. The van der Waals surface area contributed by atoms with Crippen LogP contribution in [0.25, 0.3) is 6.08 Å². The Kier molecular flexibility index (Phi) is 6.99. The molecule has 5 heteroatoms. The molecule has 0 saturated carbocycles. The van der Waals surface area contributed by atoms with Gasteiger partial charge in [-0.1, -0.05) is 62.4 Å². The summed E-state index contributed by atoms with van der Waals surface area (Å²) in [4.78, 5) is 20.7. The number of amidine groups is 1. The first-order valence-corrected chi connectivity index (χ1v) is 11.9. The number of rotatable bonds is 6. The first kappa shape index (κ1) is 22.9. The summed E-state index contributed by atoms with van der Waals surface area (Å²) in [7, 11) is 1.70. The highest BCUT2D eigenvalue weighted by molar-refractivity contribution is 8.18. The van der Waals surface area contributed by atoms with Crippen molar-refractivity contribution in [2.75, 3.05) is 7.11 Å². The van der Waals surface area contributed by atoms with Crippen LogP contribution in [0.3, 0.4) is 0 Å². The molecule has 1 fully saturated rings. The Labute approximate surface area is 200 Å². The fourth-order valence-electron chi connectivity index (χ4n) is 3.75. The zero-order valence-electron chi connectivity index (χ0n) is 19.4. The van der Waals surface area contributed by atoms with Gasteiger partial charge in [-0.2, -0.15) is 0 Å². The van der Waals surface area contributed by atoms with Crippen LogP contribution in [0.2, 0.25) is 0 Å². The number of hydrogen-bond donors (Lipinski definition) is 0. The van der Waals surface area contributed by atoms with Gasteiger partial charge in [-0.25, -0.2) is 4.99 Å². The smallest absolute Gasteiger partial charge is 0.267 e. The van der Waals surface area contributed by atoms with Crippen molar-refractivity contribution in [2.45, 2.75) is 33.2 Å². The highest BCUT2D eigenvalue weighted by atomic mass is 32.2. The Bertz CT molecular complexity index is 1200. The van der Waals surface area contributed by atoms with E-state index in [-0.39, 0.29) is 5.91 Å². The molecule has 0 N–H and O–H groups in total. The van der Waals surface area contributed by atoms with E-state index in [1.807, 2.05) is 79.7 Å². The number of amides is 1. The van der Waals surface area contributed by atoms with Crippen LogP contribution < -0.4 is 4.74 Å². The maximum absolute atomic E-state index is 13.5. The van der Waals surface area contributed by atoms with Crippen molar-refractivity contribution < 1.29 is 9.53 Å². The standard InChI is InChI=1S/C28H28N2O2S/c1-19(2)24-16-22(20(3)15-25(24)32-4)17-26-27(31)30(18-21-11-7-5-8-12-21)28(33-26)29-23-13-9-6-10-14-23/h5-17,19H,18H2,1-4H3/b26-17+,29-28?. The summed E-state index contributed by atoms with van der Waals surface area (Å²) in [6.07, 6.45) is 1.99. The normalized spacial score (nSPS) is 16.3. The maximum atomic E-state index is 13.5. The van der Waals surface area contributed by atoms with Crippen molar-refractivity contribution in [1.29, 1.82) is 0 Å². The van der Waals surface area contributed by atoms with E-state index in [1.165, 1.54) is 11.8 Å². The number of thioether (sulfide) groups is 1. The van der Waals surface area contributed by atoms with Crippen molar-refractivity contribution in [3.05, 3.63) is 100.0 Å². The van der Waals surface area contributed by atoms with E-state index >= 15 is 0 Å². The number of ether oxygens (including phenoxy) is 1. The number of carbonyl (C=O) groups excluding carboxylic acids is 1. The Hall–Kier alpha value is -3.31. The van der Waals surface area contributed by atoms with E-state index in [0.717, 1.165) is 33.7 Å². The Balaban J connectivity index is 1.74. The molecule has 168 valence electrons.